The van der Waals surface area contributed by atoms with Crippen LogP contribution in [0.3, 0.4) is 0 Å². The summed E-state index contributed by atoms with van der Waals surface area (Å²) >= 11 is 2.18. The summed E-state index contributed by atoms with van der Waals surface area (Å²) in [6.45, 7) is 0.0246. The molecule has 1 rings (SSSR count). The van der Waals surface area contributed by atoms with Crippen molar-refractivity contribution in [2.75, 3.05) is 0 Å². The van der Waals surface area contributed by atoms with E-state index in [1.807, 2.05) is 12.1 Å². The monoisotopic (exact) mass is 235 g/mol. The number of pyridine rings is 1. The van der Waals surface area contributed by atoms with Crippen LogP contribution in [0.4, 0.5) is 0 Å². The van der Waals surface area contributed by atoms with E-state index < -0.39 is 0 Å². The lowest BCUT2D eigenvalue weighted by Gasteiger charge is -1.92. The first-order valence-corrected chi connectivity index (χ1v) is 3.62. The summed E-state index contributed by atoms with van der Waals surface area (Å²) in [6, 6.07) is 3.74. The first kappa shape index (κ1) is 6.95. The van der Waals surface area contributed by atoms with E-state index in [1.165, 1.54) is 0 Å². The van der Waals surface area contributed by atoms with E-state index in [9.17, 15) is 0 Å². The topological polar surface area (TPSA) is 33.1 Å². The van der Waals surface area contributed by atoms with Crippen molar-refractivity contribution in [2.45, 2.75) is 6.61 Å². The molecule has 0 saturated heterocycles. The Morgan fingerprint density at radius 3 is 2.89 bits per heavy atom. The van der Waals surface area contributed by atoms with Crippen molar-refractivity contribution in [3.05, 3.63) is 27.6 Å². The zero-order chi connectivity index (χ0) is 6.69. The number of nitrogens with zero attached hydrogens (tertiary/aromatic N) is 1. The lowest BCUT2D eigenvalue weighted by Crippen LogP contribution is -1.87. The third kappa shape index (κ3) is 1.91. The van der Waals surface area contributed by atoms with E-state index in [1.54, 1.807) is 6.20 Å². The average Bonchev–Trinajstić information content (AvgIpc) is 1.88. The molecule has 0 saturated carbocycles. The van der Waals surface area contributed by atoms with Crippen LogP contribution in [0.25, 0.3) is 0 Å². The van der Waals surface area contributed by atoms with E-state index in [0.29, 0.717) is 0 Å². The van der Waals surface area contributed by atoms with Crippen molar-refractivity contribution in [2.24, 2.45) is 0 Å². The number of rotatable bonds is 1. The van der Waals surface area contributed by atoms with Gasteiger partial charge in [-0.15, -0.1) is 0 Å². The van der Waals surface area contributed by atoms with Crippen molar-refractivity contribution >= 4 is 22.6 Å². The Labute approximate surface area is 67.1 Å². The van der Waals surface area contributed by atoms with E-state index in [2.05, 4.69) is 27.6 Å². The van der Waals surface area contributed by atoms with Crippen LogP contribution in [-0.2, 0) is 6.61 Å². The van der Waals surface area contributed by atoms with E-state index >= 15 is 0 Å². The Kier molecular flexibility index (Phi) is 2.41. The normalized spacial score (nSPS) is 9.56. The molecule has 0 atom stereocenters. The highest BCUT2D eigenvalue weighted by Gasteiger charge is 1.89. The second kappa shape index (κ2) is 3.12. The van der Waals surface area contributed by atoms with Crippen molar-refractivity contribution in [3.63, 3.8) is 0 Å². The van der Waals surface area contributed by atoms with E-state index in [0.717, 1.165) is 9.26 Å². The molecule has 0 aromatic carbocycles. The third-order valence-electron chi connectivity index (χ3n) is 0.941. The summed E-state index contributed by atoms with van der Waals surface area (Å²) in [5, 5.41) is 8.60. The van der Waals surface area contributed by atoms with Gasteiger partial charge in [0.2, 0.25) is 0 Å². The molecule has 0 unspecified atom stereocenters. The predicted molar refractivity (Wildman–Crippen MR) is 42.9 cm³/mol. The van der Waals surface area contributed by atoms with Crippen LogP contribution < -0.4 is 0 Å². The maximum Gasteiger partial charge on any atom is 0.0853 e. The molecule has 9 heavy (non-hydrogen) atoms. The molecule has 0 spiro atoms. The maximum absolute atomic E-state index is 8.60. The molecule has 0 amide bonds. The molecule has 0 radical (unpaired) electrons. The Bertz CT molecular complexity index is 202. The first-order chi connectivity index (χ1) is 4.33. The van der Waals surface area contributed by atoms with Crippen molar-refractivity contribution in [1.82, 2.24) is 4.98 Å². The lowest BCUT2D eigenvalue weighted by molar-refractivity contribution is 0.277. The maximum atomic E-state index is 8.60. The van der Waals surface area contributed by atoms with Crippen molar-refractivity contribution in [3.8, 4) is 0 Å². The molecular formula is C6H6INO. The summed E-state index contributed by atoms with van der Waals surface area (Å²) in [4.78, 5) is 3.90. The molecule has 2 nitrogen and oxygen atoms in total. The van der Waals surface area contributed by atoms with E-state index in [-0.39, 0.29) is 6.61 Å². The molecule has 0 bridgehead atoms. The summed E-state index contributed by atoms with van der Waals surface area (Å²) in [6.07, 6.45) is 1.69. The standard InChI is InChI=1S/C6H6INO/c7-5-1-2-8-6(3-5)4-9/h1-3,9H,4H2. The predicted octanol–water partition coefficient (Wildman–Crippen LogP) is 1.18. The van der Waals surface area contributed by atoms with Gasteiger partial charge in [-0.25, -0.2) is 0 Å². The number of hydrogen-bond acceptors (Lipinski definition) is 2. The average molecular weight is 235 g/mol. The number of aromatic nitrogens is 1. The molecule has 3 heteroatoms. The number of halogens is 1. The lowest BCUT2D eigenvalue weighted by atomic mass is 10.4. The van der Waals surface area contributed by atoms with Gasteiger partial charge in [0.1, 0.15) is 0 Å². The van der Waals surface area contributed by atoms with Gasteiger partial charge in [-0.2, -0.15) is 0 Å². The number of aliphatic hydroxyl groups excluding tert-OH is 1. The number of hydrogen-bond donors (Lipinski definition) is 1. The Morgan fingerprint density at radius 2 is 2.44 bits per heavy atom. The Hall–Kier alpha value is -0.160. The van der Waals surface area contributed by atoms with Gasteiger partial charge in [0, 0.05) is 9.77 Å². The summed E-state index contributed by atoms with van der Waals surface area (Å²) < 4.78 is 1.10. The molecular weight excluding hydrogens is 229 g/mol. The van der Waals surface area contributed by atoms with Gasteiger partial charge in [-0.3, -0.25) is 4.98 Å². The van der Waals surface area contributed by atoms with Gasteiger partial charge in [0.05, 0.1) is 12.3 Å². The molecule has 0 fully saturated rings. The van der Waals surface area contributed by atoms with Gasteiger partial charge in [0.25, 0.3) is 0 Å². The van der Waals surface area contributed by atoms with Gasteiger partial charge in [0.15, 0.2) is 0 Å². The SMILES string of the molecule is OCc1cc(I)ccn1. The molecule has 0 aliphatic carbocycles. The molecule has 0 aliphatic heterocycles. The summed E-state index contributed by atoms with van der Waals surface area (Å²) in [5.41, 5.74) is 0.724. The third-order valence-corrected chi connectivity index (χ3v) is 1.61. The molecule has 1 N–H and O–H groups in total. The van der Waals surface area contributed by atoms with Crippen LogP contribution in [0.15, 0.2) is 18.3 Å². The number of aliphatic hydroxyl groups is 1. The molecule has 1 heterocycles. The van der Waals surface area contributed by atoms with Gasteiger partial charge >= 0.3 is 0 Å². The highest BCUT2D eigenvalue weighted by atomic mass is 127. The van der Waals surface area contributed by atoms with Gasteiger partial charge in [-0.05, 0) is 34.7 Å². The van der Waals surface area contributed by atoms with Crippen LogP contribution in [0.1, 0.15) is 5.69 Å². The fraction of sp³-hybridized carbons (Fsp3) is 0.167. The highest BCUT2D eigenvalue weighted by molar-refractivity contribution is 14.1. The second-order valence-electron chi connectivity index (χ2n) is 1.62. The van der Waals surface area contributed by atoms with Crippen molar-refractivity contribution in [1.29, 1.82) is 0 Å². The molecule has 1 aromatic heterocycles. The Balaban J connectivity index is 2.94. The first-order valence-electron chi connectivity index (χ1n) is 2.54. The smallest absolute Gasteiger partial charge is 0.0853 e. The fourth-order valence-electron chi connectivity index (χ4n) is 0.535. The van der Waals surface area contributed by atoms with Crippen LogP contribution in [-0.4, -0.2) is 10.1 Å². The fourth-order valence-corrected chi connectivity index (χ4v) is 1.06. The molecule has 48 valence electrons. The zero-order valence-corrected chi connectivity index (χ0v) is 6.87. The van der Waals surface area contributed by atoms with Crippen LogP contribution in [0.5, 0.6) is 0 Å². The second-order valence-corrected chi connectivity index (χ2v) is 2.87. The van der Waals surface area contributed by atoms with Gasteiger partial charge < -0.3 is 5.11 Å². The largest absolute Gasteiger partial charge is 0.390 e. The van der Waals surface area contributed by atoms with Crippen LogP contribution >= 0.6 is 22.6 Å². The van der Waals surface area contributed by atoms with E-state index in [4.69, 9.17) is 5.11 Å². The summed E-state index contributed by atoms with van der Waals surface area (Å²) in [5.74, 6) is 0. The zero-order valence-electron chi connectivity index (χ0n) is 4.71. The molecule has 0 aliphatic rings. The van der Waals surface area contributed by atoms with Crippen LogP contribution in [0.2, 0.25) is 0 Å². The molecule has 1 aromatic rings. The summed E-state index contributed by atoms with van der Waals surface area (Å²) in [7, 11) is 0. The minimum Gasteiger partial charge on any atom is -0.390 e. The quantitative estimate of drug-likeness (QED) is 0.741. The minimum absolute atomic E-state index is 0.0246. The van der Waals surface area contributed by atoms with Crippen molar-refractivity contribution < 1.29 is 5.11 Å². The highest BCUT2D eigenvalue weighted by Crippen LogP contribution is 2.03. The van der Waals surface area contributed by atoms with Gasteiger partial charge in [-0.1, -0.05) is 0 Å². The Morgan fingerprint density at radius 1 is 1.67 bits per heavy atom. The minimum atomic E-state index is 0.0246. The van der Waals surface area contributed by atoms with Crippen LogP contribution in [0, 0.1) is 3.57 Å².